The molecule has 1 fully saturated rings. The number of hydrogen-bond donors (Lipinski definition) is 2. The Kier molecular flexibility index (Phi) is 6.98. The molecule has 4 rings (SSSR count). The molecule has 1 aliphatic rings. The molecule has 0 aliphatic carbocycles. The Bertz CT molecular complexity index is 1160. The zero-order valence-corrected chi connectivity index (χ0v) is 19.0. The first-order chi connectivity index (χ1) is 16.4. The van der Waals surface area contributed by atoms with Crippen molar-refractivity contribution < 1.29 is 14.7 Å². The highest BCUT2D eigenvalue weighted by atomic mass is 16.4. The number of rotatable bonds is 7. The molecule has 3 heterocycles. The summed E-state index contributed by atoms with van der Waals surface area (Å²) in [4.78, 5) is 42.0. The van der Waals surface area contributed by atoms with Gasteiger partial charge in [0.15, 0.2) is 0 Å². The summed E-state index contributed by atoms with van der Waals surface area (Å²) < 4.78 is 0. The third kappa shape index (κ3) is 5.29. The Morgan fingerprint density at radius 2 is 1.71 bits per heavy atom. The first-order valence-electron chi connectivity index (χ1n) is 11.0. The van der Waals surface area contributed by atoms with Crippen molar-refractivity contribution in [1.29, 1.82) is 0 Å². The smallest absolute Gasteiger partial charge is 0.337 e. The van der Waals surface area contributed by atoms with Crippen molar-refractivity contribution in [2.45, 2.75) is 6.54 Å². The summed E-state index contributed by atoms with van der Waals surface area (Å²) >= 11 is 0. The molecule has 0 unspecified atom stereocenters. The number of aromatic carboxylic acids is 1. The maximum absolute atomic E-state index is 11.7. The third-order valence-corrected chi connectivity index (χ3v) is 5.82. The van der Waals surface area contributed by atoms with Gasteiger partial charge in [0, 0.05) is 63.9 Å². The molecule has 2 aromatic heterocycles. The number of pyridine rings is 1. The van der Waals surface area contributed by atoms with Gasteiger partial charge in [0.2, 0.25) is 11.9 Å². The van der Waals surface area contributed by atoms with Gasteiger partial charge in [-0.1, -0.05) is 18.2 Å². The lowest BCUT2D eigenvalue weighted by Crippen LogP contribution is -2.47. The van der Waals surface area contributed by atoms with Crippen molar-refractivity contribution in [2.75, 3.05) is 49.6 Å². The standard InChI is InChI=1S/C24H27N7O3/c1-29(22(32)11-25)16-17-3-2-4-18(9-17)20-13-27-24(28-14-20)31-7-5-30(6-8-31)21-10-19(23(33)34)12-26-15-21/h2-4,9-10,12-15H,5-8,11,16,25H2,1H3,(H,33,34). The summed E-state index contributed by atoms with van der Waals surface area (Å²) in [7, 11) is 1.74. The molecule has 0 bridgehead atoms. The van der Waals surface area contributed by atoms with Crippen molar-refractivity contribution in [3.8, 4) is 11.1 Å². The van der Waals surface area contributed by atoms with Crippen LogP contribution in [0, 0.1) is 0 Å². The summed E-state index contributed by atoms with van der Waals surface area (Å²) in [5.41, 5.74) is 9.30. The van der Waals surface area contributed by atoms with Crippen molar-refractivity contribution >= 4 is 23.5 Å². The molecule has 1 aliphatic heterocycles. The Balaban J connectivity index is 1.39. The average Bonchev–Trinajstić information content (AvgIpc) is 2.88. The molecule has 3 aromatic rings. The van der Waals surface area contributed by atoms with Crippen LogP contribution in [-0.2, 0) is 11.3 Å². The zero-order chi connectivity index (χ0) is 24.1. The quantitative estimate of drug-likeness (QED) is 0.537. The number of nitrogens with two attached hydrogens (primary N) is 1. The molecule has 1 saturated heterocycles. The van der Waals surface area contributed by atoms with Crippen molar-refractivity contribution in [3.05, 3.63) is 66.2 Å². The molecule has 176 valence electrons. The molecule has 0 spiro atoms. The van der Waals surface area contributed by atoms with Gasteiger partial charge in [-0.15, -0.1) is 0 Å². The molecule has 0 atom stereocenters. The average molecular weight is 462 g/mol. The second kappa shape index (κ2) is 10.3. The fourth-order valence-corrected chi connectivity index (χ4v) is 3.88. The second-order valence-electron chi connectivity index (χ2n) is 8.14. The van der Waals surface area contributed by atoms with Gasteiger partial charge in [0.1, 0.15) is 0 Å². The van der Waals surface area contributed by atoms with E-state index in [1.54, 1.807) is 24.2 Å². The predicted molar refractivity (Wildman–Crippen MR) is 129 cm³/mol. The van der Waals surface area contributed by atoms with E-state index in [9.17, 15) is 14.7 Å². The number of benzene rings is 1. The molecular formula is C24H27N7O3. The van der Waals surface area contributed by atoms with Gasteiger partial charge in [-0.05, 0) is 23.3 Å². The normalized spacial score (nSPS) is 13.6. The van der Waals surface area contributed by atoms with E-state index in [0.717, 1.165) is 22.4 Å². The Morgan fingerprint density at radius 3 is 2.38 bits per heavy atom. The van der Waals surface area contributed by atoms with E-state index >= 15 is 0 Å². The first-order valence-corrected chi connectivity index (χ1v) is 11.0. The van der Waals surface area contributed by atoms with Gasteiger partial charge in [-0.3, -0.25) is 9.78 Å². The van der Waals surface area contributed by atoms with E-state index in [1.165, 1.54) is 6.20 Å². The lowest BCUT2D eigenvalue weighted by molar-refractivity contribution is -0.128. The lowest BCUT2D eigenvalue weighted by atomic mass is 10.1. The molecule has 1 aromatic carbocycles. The van der Waals surface area contributed by atoms with Crippen LogP contribution in [0.2, 0.25) is 0 Å². The van der Waals surface area contributed by atoms with Crippen LogP contribution in [0.1, 0.15) is 15.9 Å². The number of hydrogen-bond acceptors (Lipinski definition) is 8. The van der Waals surface area contributed by atoms with Crippen molar-refractivity contribution in [2.24, 2.45) is 5.73 Å². The summed E-state index contributed by atoms with van der Waals surface area (Å²) in [6.07, 6.45) is 6.65. The largest absolute Gasteiger partial charge is 0.478 e. The molecule has 10 heteroatoms. The summed E-state index contributed by atoms with van der Waals surface area (Å²) in [5.74, 6) is -0.433. The monoisotopic (exact) mass is 461 g/mol. The van der Waals surface area contributed by atoms with Crippen molar-refractivity contribution in [3.63, 3.8) is 0 Å². The van der Waals surface area contributed by atoms with Crippen LogP contribution in [0.15, 0.2) is 55.1 Å². The predicted octanol–water partition coefficient (Wildman–Crippen LogP) is 1.48. The number of carbonyl (C=O) groups excluding carboxylic acids is 1. The van der Waals surface area contributed by atoms with Gasteiger partial charge >= 0.3 is 5.97 Å². The summed E-state index contributed by atoms with van der Waals surface area (Å²) in [5, 5.41) is 9.19. The third-order valence-electron chi connectivity index (χ3n) is 5.82. The fourth-order valence-electron chi connectivity index (χ4n) is 3.88. The number of carboxylic acids is 1. The number of amides is 1. The van der Waals surface area contributed by atoms with Crippen molar-refractivity contribution in [1.82, 2.24) is 19.9 Å². The second-order valence-corrected chi connectivity index (χ2v) is 8.14. The topological polar surface area (TPSA) is 129 Å². The highest BCUT2D eigenvalue weighted by Gasteiger charge is 2.20. The Morgan fingerprint density at radius 1 is 1.00 bits per heavy atom. The van der Waals surface area contributed by atoms with E-state index in [2.05, 4.69) is 24.8 Å². The highest BCUT2D eigenvalue weighted by Crippen LogP contribution is 2.22. The molecule has 0 saturated carbocycles. The number of piperazine rings is 1. The number of anilines is 2. The maximum atomic E-state index is 11.7. The van der Waals surface area contributed by atoms with E-state index < -0.39 is 5.97 Å². The first kappa shape index (κ1) is 23.1. The molecule has 3 N–H and O–H groups in total. The van der Waals surface area contributed by atoms with E-state index in [1.807, 2.05) is 36.7 Å². The van der Waals surface area contributed by atoms with Gasteiger partial charge < -0.3 is 25.5 Å². The highest BCUT2D eigenvalue weighted by molar-refractivity contribution is 5.88. The van der Waals surface area contributed by atoms with E-state index in [-0.39, 0.29) is 18.0 Å². The molecule has 10 nitrogen and oxygen atoms in total. The molecule has 34 heavy (non-hydrogen) atoms. The molecule has 0 radical (unpaired) electrons. The van der Waals surface area contributed by atoms with Crippen LogP contribution in [0.3, 0.4) is 0 Å². The number of carbonyl (C=O) groups is 2. The molecular weight excluding hydrogens is 434 g/mol. The van der Waals surface area contributed by atoms with Gasteiger partial charge in [-0.2, -0.15) is 0 Å². The van der Waals surface area contributed by atoms with Crippen LogP contribution < -0.4 is 15.5 Å². The SMILES string of the molecule is CN(Cc1cccc(-c2cnc(N3CCN(c4cncc(C(=O)O)c4)CC3)nc2)c1)C(=O)CN. The zero-order valence-electron chi connectivity index (χ0n) is 19.0. The Labute approximate surface area is 197 Å². The minimum absolute atomic E-state index is 0.00857. The molecule has 1 amide bonds. The summed E-state index contributed by atoms with van der Waals surface area (Å²) in [6.45, 7) is 3.34. The number of aromatic nitrogens is 3. The summed E-state index contributed by atoms with van der Waals surface area (Å²) in [6, 6.07) is 9.59. The van der Waals surface area contributed by atoms with Crippen LogP contribution in [0.5, 0.6) is 0 Å². The minimum Gasteiger partial charge on any atom is -0.478 e. The fraction of sp³-hybridized carbons (Fsp3) is 0.292. The minimum atomic E-state index is -0.983. The van der Waals surface area contributed by atoms with Crippen LogP contribution in [0.25, 0.3) is 11.1 Å². The van der Waals surface area contributed by atoms with E-state index in [0.29, 0.717) is 38.7 Å². The number of likely N-dealkylation sites (N-methyl/N-ethyl adjacent to an activating group) is 1. The van der Waals surface area contributed by atoms with Gasteiger partial charge in [0.05, 0.1) is 24.0 Å². The van der Waals surface area contributed by atoms with Crippen LogP contribution in [0.4, 0.5) is 11.6 Å². The van der Waals surface area contributed by atoms with Crippen LogP contribution >= 0.6 is 0 Å². The van der Waals surface area contributed by atoms with Gasteiger partial charge in [-0.25, -0.2) is 14.8 Å². The van der Waals surface area contributed by atoms with E-state index in [4.69, 9.17) is 5.73 Å². The van der Waals surface area contributed by atoms with Crippen LogP contribution in [-0.4, -0.2) is 76.6 Å². The maximum Gasteiger partial charge on any atom is 0.337 e. The Hall–Kier alpha value is -4.05. The van der Waals surface area contributed by atoms with Gasteiger partial charge in [0.25, 0.3) is 0 Å². The lowest BCUT2D eigenvalue weighted by Gasteiger charge is -2.36. The number of carboxylic acid groups (broad SMARTS) is 1. The number of nitrogens with zero attached hydrogens (tertiary/aromatic N) is 6.